The molecule has 2 heteroatoms. The third kappa shape index (κ3) is 3.69. The Bertz CT molecular complexity index is 260. The average Bonchev–Trinajstić information content (AvgIpc) is 2.17. The fraction of sp³-hybridized carbons (Fsp3) is 0.769. The molecule has 0 unspecified atom stereocenters. The normalized spacial score (nSPS) is 14.1. The highest BCUT2D eigenvalue weighted by atomic mass is 16.3. The van der Waals surface area contributed by atoms with Crippen LogP contribution < -0.4 is 0 Å². The molecule has 0 heterocycles. The van der Waals surface area contributed by atoms with Gasteiger partial charge in [-0.1, -0.05) is 41.5 Å². The van der Waals surface area contributed by atoms with E-state index in [-0.39, 0.29) is 22.4 Å². The van der Waals surface area contributed by atoms with Gasteiger partial charge in [-0.15, -0.1) is 0 Å². The average molecular weight is 212 g/mol. The Balaban J connectivity index is 4.86. The van der Waals surface area contributed by atoms with Crippen LogP contribution in [0.4, 0.5) is 0 Å². The predicted molar refractivity (Wildman–Crippen MR) is 63.9 cm³/mol. The van der Waals surface area contributed by atoms with E-state index in [1.807, 2.05) is 41.5 Å². The molecule has 1 N–H and O–H groups in total. The number of carbonyl (C=O) groups excluding carboxylic acids is 1. The lowest BCUT2D eigenvalue weighted by molar-refractivity contribution is -0.122. The largest absolute Gasteiger partial charge is 0.512 e. The molecular formula is C13H24O2. The quantitative estimate of drug-likeness (QED) is 0.555. The molecule has 0 spiro atoms. The van der Waals surface area contributed by atoms with E-state index < -0.39 is 0 Å². The molecule has 0 amide bonds. The van der Waals surface area contributed by atoms with Crippen molar-refractivity contribution in [1.29, 1.82) is 0 Å². The van der Waals surface area contributed by atoms with E-state index in [0.29, 0.717) is 0 Å². The summed E-state index contributed by atoms with van der Waals surface area (Å²) in [5.74, 6) is 0.195. The zero-order valence-electron chi connectivity index (χ0n) is 10.8. The number of rotatable bonds is 5. The third-order valence-electron chi connectivity index (χ3n) is 3.40. The van der Waals surface area contributed by atoms with E-state index in [4.69, 9.17) is 0 Å². The highest BCUT2D eigenvalue weighted by Gasteiger charge is 2.27. The number of aliphatic hydroxyl groups excluding tert-OH is 1. The first-order valence-electron chi connectivity index (χ1n) is 5.63. The van der Waals surface area contributed by atoms with Gasteiger partial charge < -0.3 is 5.11 Å². The molecule has 0 rings (SSSR count). The van der Waals surface area contributed by atoms with Crippen LogP contribution in [0.1, 0.15) is 54.4 Å². The minimum Gasteiger partial charge on any atom is -0.512 e. The maximum Gasteiger partial charge on any atom is 0.164 e. The van der Waals surface area contributed by atoms with Crippen LogP contribution in [0.25, 0.3) is 0 Å². The van der Waals surface area contributed by atoms with Crippen molar-refractivity contribution in [3.05, 3.63) is 11.8 Å². The second kappa shape index (κ2) is 4.82. The molecule has 88 valence electrons. The molecule has 2 nitrogen and oxygen atoms in total. The second-order valence-corrected chi connectivity index (χ2v) is 5.37. The topological polar surface area (TPSA) is 37.3 Å². The monoisotopic (exact) mass is 212 g/mol. The Morgan fingerprint density at radius 3 is 1.80 bits per heavy atom. The number of ketones is 1. The maximum atomic E-state index is 11.8. The summed E-state index contributed by atoms with van der Waals surface area (Å²) in [5.41, 5.74) is -0.683. The molecule has 0 saturated carbocycles. The van der Waals surface area contributed by atoms with Gasteiger partial charge in [0.05, 0.1) is 0 Å². The summed E-state index contributed by atoms with van der Waals surface area (Å²) in [6, 6.07) is 0. The zero-order chi connectivity index (χ0) is 12.3. The van der Waals surface area contributed by atoms with Crippen LogP contribution in [0.5, 0.6) is 0 Å². The van der Waals surface area contributed by atoms with Gasteiger partial charge >= 0.3 is 0 Å². The maximum absolute atomic E-state index is 11.8. The molecular weight excluding hydrogens is 188 g/mol. The summed E-state index contributed by atoms with van der Waals surface area (Å²) in [6.07, 6.45) is 2.99. The summed E-state index contributed by atoms with van der Waals surface area (Å²) in [6.45, 7) is 11.7. The van der Waals surface area contributed by atoms with Gasteiger partial charge in [0.1, 0.15) is 5.76 Å². The van der Waals surface area contributed by atoms with Gasteiger partial charge in [0.25, 0.3) is 0 Å². The Morgan fingerprint density at radius 1 is 1.07 bits per heavy atom. The zero-order valence-corrected chi connectivity index (χ0v) is 10.8. The van der Waals surface area contributed by atoms with E-state index in [2.05, 4.69) is 0 Å². The van der Waals surface area contributed by atoms with Crippen LogP contribution in [0.3, 0.4) is 0 Å². The van der Waals surface area contributed by atoms with Gasteiger partial charge in [0.2, 0.25) is 0 Å². The van der Waals surface area contributed by atoms with Gasteiger partial charge in [0, 0.05) is 16.9 Å². The Labute approximate surface area is 93.4 Å². The van der Waals surface area contributed by atoms with Gasteiger partial charge in [-0.2, -0.15) is 0 Å². The van der Waals surface area contributed by atoms with Crippen LogP contribution in [-0.4, -0.2) is 10.9 Å². The van der Waals surface area contributed by atoms with E-state index in [0.717, 1.165) is 12.8 Å². The molecule has 0 aromatic heterocycles. The fourth-order valence-electron chi connectivity index (χ4n) is 0.870. The minimum atomic E-state index is -0.377. The lowest BCUT2D eigenvalue weighted by atomic mass is 9.82. The summed E-state index contributed by atoms with van der Waals surface area (Å²) >= 11 is 0. The Hall–Kier alpha value is -0.790. The van der Waals surface area contributed by atoms with Crippen molar-refractivity contribution in [2.45, 2.75) is 54.4 Å². The number of allylic oxidation sites excluding steroid dienone is 2. The molecule has 0 radical (unpaired) electrons. The second-order valence-electron chi connectivity index (χ2n) is 5.37. The van der Waals surface area contributed by atoms with Crippen molar-refractivity contribution in [1.82, 2.24) is 0 Å². The van der Waals surface area contributed by atoms with E-state index >= 15 is 0 Å². The number of carbonyl (C=O) groups is 1. The van der Waals surface area contributed by atoms with Crippen LogP contribution in [0.15, 0.2) is 11.8 Å². The number of hydrogen-bond acceptors (Lipinski definition) is 2. The van der Waals surface area contributed by atoms with E-state index in [9.17, 15) is 9.90 Å². The highest BCUT2D eigenvalue weighted by molar-refractivity contribution is 5.94. The van der Waals surface area contributed by atoms with Gasteiger partial charge in [-0.3, -0.25) is 4.79 Å². The molecule has 0 fully saturated rings. The minimum absolute atomic E-state index is 0.00373. The van der Waals surface area contributed by atoms with Gasteiger partial charge in [-0.25, -0.2) is 0 Å². The smallest absolute Gasteiger partial charge is 0.164 e. The first-order valence-corrected chi connectivity index (χ1v) is 5.63. The highest BCUT2D eigenvalue weighted by Crippen LogP contribution is 2.30. The molecule has 0 bridgehead atoms. The molecule has 0 aliphatic heterocycles. The van der Waals surface area contributed by atoms with Crippen molar-refractivity contribution >= 4 is 5.78 Å². The summed E-state index contributed by atoms with van der Waals surface area (Å²) in [7, 11) is 0. The van der Waals surface area contributed by atoms with Crippen molar-refractivity contribution in [3.63, 3.8) is 0 Å². The first-order chi connectivity index (χ1) is 6.67. The van der Waals surface area contributed by atoms with Gasteiger partial charge in [-0.05, 0) is 12.8 Å². The fourth-order valence-corrected chi connectivity index (χ4v) is 0.870. The summed E-state index contributed by atoms with van der Waals surface area (Å²) < 4.78 is 0. The van der Waals surface area contributed by atoms with Crippen molar-refractivity contribution in [2.75, 3.05) is 0 Å². The van der Waals surface area contributed by atoms with Crippen molar-refractivity contribution < 1.29 is 9.90 Å². The summed E-state index contributed by atoms with van der Waals surface area (Å²) in [5, 5.41) is 9.85. The Kier molecular flexibility index (Phi) is 4.57. The number of hydrogen-bond donors (Lipinski definition) is 1. The van der Waals surface area contributed by atoms with Crippen LogP contribution in [-0.2, 0) is 4.79 Å². The first kappa shape index (κ1) is 14.2. The SMILES string of the molecule is CCC(C)(C)C(=O)/C=C(\O)C(C)(C)CC. The lowest BCUT2D eigenvalue weighted by Gasteiger charge is -2.24. The molecule has 0 atom stereocenters. The third-order valence-corrected chi connectivity index (χ3v) is 3.40. The standard InChI is InChI=1S/C13H24O2/c1-7-12(3,4)10(14)9-11(15)13(5,6)8-2/h9,14H,7-8H2,1-6H3/b10-9-. The molecule has 15 heavy (non-hydrogen) atoms. The predicted octanol–water partition coefficient (Wildman–Crippen LogP) is 3.87. The summed E-state index contributed by atoms with van der Waals surface area (Å²) in [4.78, 5) is 11.8. The molecule has 0 aliphatic rings. The van der Waals surface area contributed by atoms with E-state index in [1.54, 1.807) is 0 Å². The van der Waals surface area contributed by atoms with Gasteiger partial charge in [0.15, 0.2) is 5.78 Å². The molecule has 0 aromatic carbocycles. The van der Waals surface area contributed by atoms with Crippen molar-refractivity contribution in [2.24, 2.45) is 10.8 Å². The Morgan fingerprint density at radius 2 is 1.47 bits per heavy atom. The van der Waals surface area contributed by atoms with Crippen LogP contribution in [0.2, 0.25) is 0 Å². The number of aliphatic hydroxyl groups is 1. The lowest BCUT2D eigenvalue weighted by Crippen LogP contribution is -2.23. The van der Waals surface area contributed by atoms with Crippen LogP contribution >= 0.6 is 0 Å². The molecule has 0 aliphatic carbocycles. The van der Waals surface area contributed by atoms with E-state index in [1.165, 1.54) is 6.08 Å². The molecule has 0 aromatic rings. The molecule has 0 saturated heterocycles. The van der Waals surface area contributed by atoms with Crippen molar-refractivity contribution in [3.8, 4) is 0 Å². The van der Waals surface area contributed by atoms with Crippen LogP contribution in [0, 0.1) is 10.8 Å².